The van der Waals surface area contributed by atoms with Gasteiger partial charge in [-0.25, -0.2) is 8.42 Å². The summed E-state index contributed by atoms with van der Waals surface area (Å²) in [5.74, 6) is -0.328. The summed E-state index contributed by atoms with van der Waals surface area (Å²) in [6.45, 7) is 3.48. The molecule has 3 heterocycles. The van der Waals surface area contributed by atoms with Crippen LogP contribution in [0.4, 0.5) is 0 Å². The molecule has 1 aliphatic heterocycles. The standard InChI is InChI=1S/C15H18N2O3S3/c1-11-4-8-21-12(11)10-16-15(18)14-13(5-9-22-14)23(19,20)17-6-2-3-7-17/h4-5,8-9H,2-3,6-7,10H2,1H3,(H,16,18). The predicted molar refractivity (Wildman–Crippen MR) is 92.5 cm³/mol. The summed E-state index contributed by atoms with van der Waals surface area (Å²) in [6.07, 6.45) is 1.76. The molecule has 124 valence electrons. The summed E-state index contributed by atoms with van der Waals surface area (Å²) in [7, 11) is -3.57. The average Bonchev–Trinajstić information content (AvgIpc) is 3.26. The van der Waals surface area contributed by atoms with Gasteiger partial charge in [0.1, 0.15) is 9.77 Å². The van der Waals surface area contributed by atoms with Crippen molar-refractivity contribution in [2.45, 2.75) is 31.2 Å². The molecule has 1 aliphatic rings. The molecule has 8 heteroatoms. The summed E-state index contributed by atoms with van der Waals surface area (Å²) < 4.78 is 26.8. The van der Waals surface area contributed by atoms with Crippen LogP contribution in [0, 0.1) is 6.92 Å². The van der Waals surface area contributed by atoms with E-state index in [1.807, 2.05) is 18.4 Å². The molecule has 0 aliphatic carbocycles. The second kappa shape index (κ2) is 6.72. The van der Waals surface area contributed by atoms with Crippen molar-refractivity contribution in [1.82, 2.24) is 9.62 Å². The second-order valence-corrected chi connectivity index (χ2v) is 9.26. The topological polar surface area (TPSA) is 66.5 Å². The van der Waals surface area contributed by atoms with Gasteiger partial charge in [-0.15, -0.1) is 22.7 Å². The summed E-state index contributed by atoms with van der Waals surface area (Å²) in [5, 5.41) is 6.47. The van der Waals surface area contributed by atoms with Gasteiger partial charge in [-0.05, 0) is 48.2 Å². The van der Waals surface area contributed by atoms with Crippen LogP contribution in [0.15, 0.2) is 27.8 Å². The molecule has 2 aromatic heterocycles. The van der Waals surface area contributed by atoms with Crippen molar-refractivity contribution in [3.05, 3.63) is 38.2 Å². The van der Waals surface area contributed by atoms with E-state index >= 15 is 0 Å². The van der Waals surface area contributed by atoms with Crippen LogP contribution in [0.1, 0.15) is 33.0 Å². The van der Waals surface area contributed by atoms with E-state index in [1.165, 1.54) is 21.7 Å². The highest BCUT2D eigenvalue weighted by molar-refractivity contribution is 7.89. The van der Waals surface area contributed by atoms with Crippen LogP contribution in [0.5, 0.6) is 0 Å². The van der Waals surface area contributed by atoms with Gasteiger partial charge in [-0.3, -0.25) is 4.79 Å². The van der Waals surface area contributed by atoms with Gasteiger partial charge < -0.3 is 5.32 Å². The molecule has 1 amide bonds. The first kappa shape index (κ1) is 16.6. The molecule has 23 heavy (non-hydrogen) atoms. The Morgan fingerprint density at radius 2 is 1.91 bits per heavy atom. The fourth-order valence-corrected chi connectivity index (χ4v) is 6.24. The lowest BCUT2D eigenvalue weighted by atomic mass is 10.3. The zero-order valence-electron chi connectivity index (χ0n) is 12.7. The minimum atomic E-state index is -3.57. The average molecular weight is 371 g/mol. The van der Waals surface area contributed by atoms with Gasteiger partial charge in [-0.2, -0.15) is 4.31 Å². The summed E-state index contributed by atoms with van der Waals surface area (Å²) in [5.41, 5.74) is 1.13. The van der Waals surface area contributed by atoms with Crippen LogP contribution in [0.3, 0.4) is 0 Å². The van der Waals surface area contributed by atoms with E-state index < -0.39 is 10.0 Å². The Labute approximate surface area is 144 Å². The highest BCUT2D eigenvalue weighted by Crippen LogP contribution is 2.27. The van der Waals surface area contributed by atoms with Crippen molar-refractivity contribution in [3.63, 3.8) is 0 Å². The van der Waals surface area contributed by atoms with Crippen LogP contribution < -0.4 is 5.32 Å². The normalized spacial score (nSPS) is 15.9. The lowest BCUT2D eigenvalue weighted by Gasteiger charge is -2.15. The van der Waals surface area contributed by atoms with Crippen LogP contribution >= 0.6 is 22.7 Å². The summed E-state index contributed by atoms with van der Waals surface area (Å²) >= 11 is 2.75. The van der Waals surface area contributed by atoms with Gasteiger partial charge in [0.15, 0.2) is 0 Å². The number of sulfonamides is 1. The van der Waals surface area contributed by atoms with Gasteiger partial charge in [0, 0.05) is 18.0 Å². The number of hydrogen-bond donors (Lipinski definition) is 1. The first-order valence-corrected chi connectivity index (χ1v) is 10.6. The first-order chi connectivity index (χ1) is 11.0. The third-order valence-electron chi connectivity index (χ3n) is 3.90. The van der Waals surface area contributed by atoms with Gasteiger partial charge >= 0.3 is 0 Å². The van der Waals surface area contributed by atoms with Crippen molar-refractivity contribution in [2.24, 2.45) is 0 Å². The lowest BCUT2D eigenvalue weighted by Crippen LogP contribution is -2.30. The Hall–Kier alpha value is -1.22. The van der Waals surface area contributed by atoms with Crippen molar-refractivity contribution in [3.8, 4) is 0 Å². The zero-order valence-corrected chi connectivity index (χ0v) is 15.2. The number of rotatable bonds is 5. The van der Waals surface area contributed by atoms with Crippen molar-refractivity contribution in [1.29, 1.82) is 0 Å². The lowest BCUT2D eigenvalue weighted by molar-refractivity contribution is 0.0952. The quantitative estimate of drug-likeness (QED) is 0.880. The van der Waals surface area contributed by atoms with E-state index in [9.17, 15) is 13.2 Å². The van der Waals surface area contributed by atoms with Crippen molar-refractivity contribution in [2.75, 3.05) is 13.1 Å². The Bertz CT molecular complexity index is 802. The molecule has 0 spiro atoms. The Balaban J connectivity index is 1.77. The molecule has 0 aromatic carbocycles. The van der Waals surface area contributed by atoms with Crippen molar-refractivity contribution < 1.29 is 13.2 Å². The van der Waals surface area contributed by atoms with Gasteiger partial charge in [0.25, 0.3) is 5.91 Å². The number of carbonyl (C=O) groups is 1. The molecule has 1 fully saturated rings. The molecular formula is C15H18N2O3S3. The van der Waals surface area contributed by atoms with E-state index in [0.717, 1.165) is 23.3 Å². The summed E-state index contributed by atoms with van der Waals surface area (Å²) in [4.78, 5) is 13.9. The first-order valence-electron chi connectivity index (χ1n) is 7.39. The Morgan fingerprint density at radius 3 is 2.57 bits per heavy atom. The maximum atomic E-state index is 12.7. The fourth-order valence-electron chi connectivity index (χ4n) is 2.56. The highest BCUT2D eigenvalue weighted by atomic mass is 32.2. The van der Waals surface area contributed by atoms with Crippen LogP contribution in [-0.4, -0.2) is 31.7 Å². The number of carbonyl (C=O) groups excluding carboxylic acids is 1. The minimum Gasteiger partial charge on any atom is -0.346 e. The van der Waals surface area contributed by atoms with Gasteiger partial charge in [0.2, 0.25) is 10.0 Å². The van der Waals surface area contributed by atoms with E-state index in [0.29, 0.717) is 19.6 Å². The van der Waals surface area contributed by atoms with E-state index in [4.69, 9.17) is 0 Å². The van der Waals surface area contributed by atoms with E-state index in [2.05, 4.69) is 5.32 Å². The molecule has 0 saturated carbocycles. The third-order valence-corrected chi connectivity index (χ3v) is 7.90. The maximum Gasteiger partial charge on any atom is 0.263 e. The zero-order chi connectivity index (χ0) is 16.4. The third kappa shape index (κ3) is 3.35. The summed E-state index contributed by atoms with van der Waals surface area (Å²) in [6, 6.07) is 3.53. The van der Waals surface area contributed by atoms with Crippen molar-refractivity contribution >= 4 is 38.6 Å². The van der Waals surface area contributed by atoms with Crippen LogP contribution in [0.2, 0.25) is 0 Å². The predicted octanol–water partition coefficient (Wildman–Crippen LogP) is 2.83. The maximum absolute atomic E-state index is 12.7. The number of thiophene rings is 2. The number of nitrogens with one attached hydrogen (secondary N) is 1. The number of aryl methyl sites for hydroxylation is 1. The largest absolute Gasteiger partial charge is 0.346 e. The molecule has 1 N–H and O–H groups in total. The molecular weight excluding hydrogens is 352 g/mol. The second-order valence-electron chi connectivity index (χ2n) is 5.43. The molecule has 1 saturated heterocycles. The molecule has 3 rings (SSSR count). The molecule has 5 nitrogen and oxygen atoms in total. The Kier molecular flexibility index (Phi) is 4.86. The van der Waals surface area contributed by atoms with Gasteiger partial charge in [-0.1, -0.05) is 0 Å². The molecule has 0 unspecified atom stereocenters. The van der Waals surface area contributed by atoms with E-state index in [-0.39, 0.29) is 15.7 Å². The smallest absolute Gasteiger partial charge is 0.263 e. The fraction of sp³-hybridized carbons (Fsp3) is 0.400. The SMILES string of the molecule is Cc1ccsc1CNC(=O)c1sccc1S(=O)(=O)N1CCCC1. The van der Waals surface area contributed by atoms with E-state index in [1.54, 1.807) is 16.7 Å². The highest BCUT2D eigenvalue weighted by Gasteiger charge is 2.31. The molecule has 0 bridgehead atoms. The molecule has 2 aromatic rings. The number of hydrogen-bond acceptors (Lipinski definition) is 5. The minimum absolute atomic E-state index is 0.129. The molecule has 0 atom stereocenters. The number of amides is 1. The monoisotopic (exact) mass is 370 g/mol. The van der Waals surface area contributed by atoms with Gasteiger partial charge in [0.05, 0.1) is 6.54 Å². The Morgan fingerprint density at radius 1 is 1.22 bits per heavy atom. The number of nitrogens with zero attached hydrogens (tertiary/aromatic N) is 1. The van der Waals surface area contributed by atoms with Crippen LogP contribution in [0.25, 0.3) is 0 Å². The molecule has 0 radical (unpaired) electrons. The van der Waals surface area contributed by atoms with Crippen LogP contribution in [-0.2, 0) is 16.6 Å².